The molecule has 0 aliphatic heterocycles. The predicted octanol–water partition coefficient (Wildman–Crippen LogP) is 1.85. The van der Waals surface area contributed by atoms with Crippen LogP contribution in [0.25, 0.3) is 0 Å². The van der Waals surface area contributed by atoms with Crippen LogP contribution in [-0.4, -0.2) is 29.1 Å². The van der Waals surface area contributed by atoms with Crippen LogP contribution in [0.2, 0.25) is 0 Å². The number of hydrogen-bond donors (Lipinski definition) is 2. The van der Waals surface area contributed by atoms with Crippen LogP contribution in [0, 0.1) is 0 Å². The summed E-state index contributed by atoms with van der Waals surface area (Å²) in [6.07, 6.45) is 0.285. The van der Waals surface area contributed by atoms with Crippen LogP contribution in [0.4, 0.5) is 4.79 Å². The fraction of sp³-hybridized carbons (Fsp3) is 0.615. The normalized spacial score (nSPS) is 11.0. The van der Waals surface area contributed by atoms with E-state index in [-0.39, 0.29) is 12.5 Å². The number of rotatable bonds is 5. The monoisotopic (exact) mass is 299 g/mol. The molecule has 1 heterocycles. The third kappa shape index (κ3) is 6.51. The number of carbonyl (C=O) groups is 2. The average Bonchev–Trinajstić information content (AvgIpc) is 2.79. The van der Waals surface area contributed by atoms with E-state index in [4.69, 9.17) is 4.74 Å². The van der Waals surface area contributed by atoms with E-state index >= 15 is 0 Å². The molecule has 0 aromatic carbocycles. The number of alkyl carbamates (subject to hydrolysis) is 1. The molecule has 2 N–H and O–H groups in total. The molecule has 0 saturated carbocycles. The number of thiazole rings is 1. The molecule has 1 rings (SSSR count). The van der Waals surface area contributed by atoms with Crippen molar-refractivity contribution in [3.8, 4) is 0 Å². The third-order valence-corrected chi connectivity index (χ3v) is 3.20. The van der Waals surface area contributed by atoms with Gasteiger partial charge < -0.3 is 15.4 Å². The van der Waals surface area contributed by atoms with Crippen LogP contribution in [0.1, 0.15) is 38.4 Å². The first-order chi connectivity index (χ1) is 9.30. The maximum atomic E-state index is 11.6. The summed E-state index contributed by atoms with van der Waals surface area (Å²) in [4.78, 5) is 27.2. The molecule has 112 valence electrons. The number of ether oxygens (including phenoxy) is 1. The zero-order valence-corrected chi connectivity index (χ0v) is 13.1. The number of nitrogens with one attached hydrogen (secondary N) is 2. The topological polar surface area (TPSA) is 80.3 Å². The van der Waals surface area contributed by atoms with E-state index < -0.39 is 11.7 Å². The summed E-state index contributed by atoms with van der Waals surface area (Å²) >= 11 is 1.57. The van der Waals surface area contributed by atoms with Crippen LogP contribution in [-0.2, 0) is 22.5 Å². The second-order valence-corrected chi connectivity index (χ2v) is 6.16. The van der Waals surface area contributed by atoms with Crippen LogP contribution in [0.3, 0.4) is 0 Å². The van der Waals surface area contributed by atoms with Crippen molar-refractivity contribution in [3.63, 3.8) is 0 Å². The van der Waals surface area contributed by atoms with E-state index in [1.165, 1.54) is 0 Å². The molecule has 2 amide bonds. The SMILES string of the molecule is CCc1nc(CNC(=O)CNC(=O)OC(C)(C)C)cs1. The van der Waals surface area contributed by atoms with Crippen molar-refractivity contribution in [1.82, 2.24) is 15.6 Å². The van der Waals surface area contributed by atoms with Gasteiger partial charge in [0.2, 0.25) is 5.91 Å². The van der Waals surface area contributed by atoms with E-state index in [9.17, 15) is 9.59 Å². The van der Waals surface area contributed by atoms with Gasteiger partial charge in [-0.15, -0.1) is 11.3 Å². The molecule has 0 saturated heterocycles. The van der Waals surface area contributed by atoms with Crippen molar-refractivity contribution in [1.29, 1.82) is 0 Å². The first-order valence-corrected chi connectivity index (χ1v) is 7.35. The molecular formula is C13H21N3O3S. The lowest BCUT2D eigenvalue weighted by atomic mass is 10.2. The van der Waals surface area contributed by atoms with E-state index in [0.29, 0.717) is 6.54 Å². The molecule has 0 bridgehead atoms. The maximum absolute atomic E-state index is 11.6. The van der Waals surface area contributed by atoms with E-state index in [0.717, 1.165) is 17.1 Å². The maximum Gasteiger partial charge on any atom is 0.408 e. The number of amides is 2. The summed E-state index contributed by atoms with van der Waals surface area (Å²) < 4.78 is 5.03. The highest BCUT2D eigenvalue weighted by molar-refractivity contribution is 7.09. The number of hydrogen-bond acceptors (Lipinski definition) is 5. The second kappa shape index (κ2) is 7.23. The number of aromatic nitrogens is 1. The van der Waals surface area contributed by atoms with Gasteiger partial charge in [-0.1, -0.05) is 6.92 Å². The Balaban J connectivity index is 2.25. The minimum Gasteiger partial charge on any atom is -0.444 e. The van der Waals surface area contributed by atoms with Gasteiger partial charge in [-0.2, -0.15) is 0 Å². The van der Waals surface area contributed by atoms with Gasteiger partial charge in [-0.3, -0.25) is 4.79 Å². The molecule has 0 aliphatic carbocycles. The van der Waals surface area contributed by atoms with Gasteiger partial charge in [-0.05, 0) is 27.2 Å². The Morgan fingerprint density at radius 1 is 1.35 bits per heavy atom. The smallest absolute Gasteiger partial charge is 0.408 e. The number of aryl methyl sites for hydroxylation is 1. The Morgan fingerprint density at radius 2 is 2.05 bits per heavy atom. The standard InChI is InChI=1S/C13H21N3O3S/c1-5-11-16-9(8-20-11)6-14-10(17)7-15-12(18)19-13(2,3)4/h8H,5-7H2,1-4H3,(H,14,17)(H,15,18). The van der Waals surface area contributed by atoms with E-state index in [2.05, 4.69) is 15.6 Å². The summed E-state index contributed by atoms with van der Waals surface area (Å²) in [5.41, 5.74) is 0.259. The molecule has 1 aromatic rings. The Labute approximate surface area is 122 Å². The molecule has 0 fully saturated rings. The van der Waals surface area contributed by atoms with E-state index in [1.807, 2.05) is 12.3 Å². The van der Waals surface area contributed by atoms with Gasteiger partial charge in [0.15, 0.2) is 0 Å². The number of carbonyl (C=O) groups excluding carboxylic acids is 2. The van der Waals surface area contributed by atoms with Gasteiger partial charge >= 0.3 is 6.09 Å². The van der Waals surface area contributed by atoms with Crippen molar-refractivity contribution in [2.75, 3.05) is 6.54 Å². The Hall–Kier alpha value is -1.63. The molecule has 20 heavy (non-hydrogen) atoms. The van der Waals surface area contributed by atoms with Gasteiger partial charge in [0, 0.05) is 5.38 Å². The Kier molecular flexibility index (Phi) is 5.94. The molecule has 0 unspecified atom stereocenters. The van der Waals surface area contributed by atoms with Gasteiger partial charge in [0.25, 0.3) is 0 Å². The van der Waals surface area contributed by atoms with Crippen LogP contribution in [0.5, 0.6) is 0 Å². The van der Waals surface area contributed by atoms with Crippen molar-refractivity contribution in [2.24, 2.45) is 0 Å². The largest absolute Gasteiger partial charge is 0.444 e. The predicted molar refractivity (Wildman–Crippen MR) is 77.6 cm³/mol. The highest BCUT2D eigenvalue weighted by Gasteiger charge is 2.16. The van der Waals surface area contributed by atoms with Crippen LogP contribution >= 0.6 is 11.3 Å². The summed E-state index contributed by atoms with van der Waals surface area (Å²) in [6, 6.07) is 0. The Bertz CT molecular complexity index is 466. The van der Waals surface area contributed by atoms with Gasteiger partial charge in [0.05, 0.1) is 17.2 Å². The molecule has 0 aliphatic rings. The van der Waals surface area contributed by atoms with Gasteiger partial charge in [0.1, 0.15) is 12.1 Å². The van der Waals surface area contributed by atoms with E-state index in [1.54, 1.807) is 32.1 Å². The average molecular weight is 299 g/mol. The lowest BCUT2D eigenvalue weighted by Gasteiger charge is -2.19. The molecule has 7 heteroatoms. The fourth-order valence-corrected chi connectivity index (χ4v) is 2.06. The zero-order valence-electron chi connectivity index (χ0n) is 12.3. The molecule has 1 aromatic heterocycles. The van der Waals surface area contributed by atoms with Gasteiger partial charge in [-0.25, -0.2) is 9.78 Å². The van der Waals surface area contributed by atoms with Crippen LogP contribution in [0.15, 0.2) is 5.38 Å². The number of nitrogens with zero attached hydrogens (tertiary/aromatic N) is 1. The van der Waals surface area contributed by atoms with Crippen molar-refractivity contribution < 1.29 is 14.3 Å². The molecular weight excluding hydrogens is 278 g/mol. The summed E-state index contributed by atoms with van der Waals surface area (Å²) in [6.45, 7) is 7.58. The second-order valence-electron chi connectivity index (χ2n) is 5.22. The first kappa shape index (κ1) is 16.4. The summed E-state index contributed by atoms with van der Waals surface area (Å²) in [5, 5.41) is 8.05. The first-order valence-electron chi connectivity index (χ1n) is 6.47. The molecule has 0 radical (unpaired) electrons. The third-order valence-electron chi connectivity index (χ3n) is 2.16. The minimum atomic E-state index is -0.602. The van der Waals surface area contributed by atoms with Crippen molar-refractivity contribution >= 4 is 23.3 Å². The highest BCUT2D eigenvalue weighted by Crippen LogP contribution is 2.09. The molecule has 0 atom stereocenters. The van der Waals surface area contributed by atoms with Crippen molar-refractivity contribution in [2.45, 2.75) is 46.3 Å². The summed E-state index contributed by atoms with van der Waals surface area (Å²) in [7, 11) is 0. The lowest BCUT2D eigenvalue weighted by molar-refractivity contribution is -0.120. The lowest BCUT2D eigenvalue weighted by Crippen LogP contribution is -2.39. The fourth-order valence-electron chi connectivity index (χ4n) is 1.31. The quantitative estimate of drug-likeness (QED) is 0.869. The molecule has 6 nitrogen and oxygen atoms in total. The molecule has 0 spiro atoms. The van der Waals surface area contributed by atoms with Crippen molar-refractivity contribution in [3.05, 3.63) is 16.1 Å². The van der Waals surface area contributed by atoms with Crippen LogP contribution < -0.4 is 10.6 Å². The highest BCUT2D eigenvalue weighted by atomic mass is 32.1. The summed E-state index contributed by atoms with van der Waals surface area (Å²) in [5.74, 6) is -0.276. The minimum absolute atomic E-state index is 0.111. The Morgan fingerprint density at radius 3 is 2.60 bits per heavy atom. The zero-order chi connectivity index (χ0) is 15.2.